The molecule has 1 saturated carbocycles. The SMILES string of the molecule is Cl.[N-]=[N+]=N[C@@H]1C[C@@H](C(=O)O)N(C(=O)[C@H](N)CC2CCCCC2)C1. The predicted octanol–water partition coefficient (Wildman–Crippen LogP) is 2.07. The summed E-state index contributed by atoms with van der Waals surface area (Å²) in [5, 5.41) is 12.8. The zero-order valence-electron chi connectivity index (χ0n) is 13.0. The second kappa shape index (κ2) is 8.96. The molecule has 1 heterocycles. The number of rotatable bonds is 5. The standard InChI is InChI=1S/C14H23N5O3.ClH/c15-11(6-9-4-2-1-3-5-9)13(20)19-8-10(17-18-16)7-12(19)14(21)22;/h9-12H,1-8,15H2,(H,21,22);1H/t10-,11-,12+;/m1./s1. The Balaban J connectivity index is 0.00000264. The number of carbonyl (C=O) groups is 2. The van der Waals surface area contributed by atoms with E-state index < -0.39 is 24.1 Å². The first-order chi connectivity index (χ1) is 10.5. The van der Waals surface area contributed by atoms with Crippen LogP contribution in [0.25, 0.3) is 10.4 Å². The van der Waals surface area contributed by atoms with Crippen molar-refractivity contribution in [3.8, 4) is 0 Å². The summed E-state index contributed by atoms with van der Waals surface area (Å²) < 4.78 is 0. The highest BCUT2D eigenvalue weighted by atomic mass is 35.5. The number of carboxylic acids is 1. The largest absolute Gasteiger partial charge is 0.480 e. The van der Waals surface area contributed by atoms with Crippen molar-refractivity contribution >= 4 is 24.3 Å². The number of nitrogens with two attached hydrogens (primary N) is 1. The van der Waals surface area contributed by atoms with Gasteiger partial charge in [0.2, 0.25) is 5.91 Å². The molecular formula is C14H24ClN5O3. The third kappa shape index (κ3) is 4.99. The number of aliphatic carboxylic acids is 1. The van der Waals surface area contributed by atoms with Gasteiger partial charge in [0.15, 0.2) is 0 Å². The van der Waals surface area contributed by atoms with Gasteiger partial charge in [0.25, 0.3) is 0 Å². The van der Waals surface area contributed by atoms with E-state index in [1.807, 2.05) is 0 Å². The maximum absolute atomic E-state index is 12.5. The molecule has 1 amide bonds. The molecule has 0 radical (unpaired) electrons. The number of nitrogens with zero attached hydrogens (tertiary/aromatic N) is 4. The summed E-state index contributed by atoms with van der Waals surface area (Å²) >= 11 is 0. The Kier molecular flexibility index (Phi) is 7.61. The molecule has 2 fully saturated rings. The quantitative estimate of drug-likeness (QED) is 0.448. The number of carboxylic acid groups (broad SMARTS) is 1. The topological polar surface area (TPSA) is 132 Å². The third-order valence-electron chi connectivity index (χ3n) is 4.69. The van der Waals surface area contributed by atoms with Gasteiger partial charge >= 0.3 is 5.97 Å². The number of azide groups is 1. The van der Waals surface area contributed by atoms with Crippen molar-refractivity contribution in [3.63, 3.8) is 0 Å². The minimum absolute atomic E-state index is 0. The zero-order valence-corrected chi connectivity index (χ0v) is 13.8. The molecule has 0 aromatic heterocycles. The van der Waals surface area contributed by atoms with Crippen LogP contribution in [-0.4, -0.2) is 46.6 Å². The summed E-state index contributed by atoms with van der Waals surface area (Å²) in [6, 6.07) is -2.10. The molecule has 8 nitrogen and oxygen atoms in total. The van der Waals surface area contributed by atoms with Crippen LogP contribution in [0.15, 0.2) is 5.11 Å². The Hall–Kier alpha value is -1.50. The summed E-state index contributed by atoms with van der Waals surface area (Å²) in [7, 11) is 0. The molecule has 2 aliphatic rings. The van der Waals surface area contributed by atoms with Gasteiger partial charge in [-0.3, -0.25) is 4.79 Å². The Morgan fingerprint density at radius 1 is 1.35 bits per heavy atom. The average Bonchev–Trinajstić information content (AvgIpc) is 2.92. The molecule has 130 valence electrons. The Bertz CT molecular complexity index is 477. The summed E-state index contributed by atoms with van der Waals surface area (Å²) in [4.78, 5) is 27.8. The first-order valence-corrected chi connectivity index (χ1v) is 7.86. The van der Waals surface area contributed by atoms with Crippen molar-refractivity contribution in [2.75, 3.05) is 6.54 Å². The van der Waals surface area contributed by atoms with E-state index in [0.717, 1.165) is 12.8 Å². The molecule has 2 rings (SSSR count). The minimum atomic E-state index is -1.08. The van der Waals surface area contributed by atoms with Gasteiger partial charge in [0.1, 0.15) is 6.04 Å². The van der Waals surface area contributed by atoms with Gasteiger partial charge in [-0.2, -0.15) is 0 Å². The third-order valence-corrected chi connectivity index (χ3v) is 4.69. The Morgan fingerprint density at radius 2 is 2.00 bits per heavy atom. The van der Waals surface area contributed by atoms with E-state index in [1.54, 1.807) is 0 Å². The molecule has 23 heavy (non-hydrogen) atoms. The van der Waals surface area contributed by atoms with Crippen LogP contribution in [0.3, 0.4) is 0 Å². The van der Waals surface area contributed by atoms with Crippen LogP contribution in [0, 0.1) is 5.92 Å². The maximum atomic E-state index is 12.5. The van der Waals surface area contributed by atoms with Gasteiger partial charge in [-0.15, -0.1) is 12.4 Å². The van der Waals surface area contributed by atoms with Crippen LogP contribution in [-0.2, 0) is 9.59 Å². The second-order valence-corrected chi connectivity index (χ2v) is 6.29. The number of carbonyl (C=O) groups excluding carboxylic acids is 1. The maximum Gasteiger partial charge on any atom is 0.326 e. The normalized spacial score (nSPS) is 26.0. The number of hydrogen-bond acceptors (Lipinski definition) is 4. The number of likely N-dealkylation sites (tertiary alicyclic amines) is 1. The van der Waals surface area contributed by atoms with E-state index in [0.29, 0.717) is 12.3 Å². The summed E-state index contributed by atoms with van der Waals surface area (Å²) in [5.41, 5.74) is 14.5. The van der Waals surface area contributed by atoms with E-state index in [4.69, 9.17) is 11.3 Å². The van der Waals surface area contributed by atoms with Crippen LogP contribution in [0.1, 0.15) is 44.9 Å². The minimum Gasteiger partial charge on any atom is -0.480 e. The number of amides is 1. The number of halogens is 1. The fraction of sp³-hybridized carbons (Fsp3) is 0.857. The lowest BCUT2D eigenvalue weighted by molar-refractivity contribution is -0.148. The smallest absolute Gasteiger partial charge is 0.326 e. The molecule has 0 bridgehead atoms. The van der Waals surface area contributed by atoms with Gasteiger partial charge in [-0.1, -0.05) is 37.2 Å². The Morgan fingerprint density at radius 3 is 2.57 bits per heavy atom. The monoisotopic (exact) mass is 345 g/mol. The van der Waals surface area contributed by atoms with Crippen molar-refractivity contribution in [2.24, 2.45) is 16.8 Å². The molecule has 3 atom stereocenters. The highest BCUT2D eigenvalue weighted by Gasteiger charge is 2.41. The van der Waals surface area contributed by atoms with E-state index in [1.165, 1.54) is 24.2 Å². The lowest BCUT2D eigenvalue weighted by Gasteiger charge is -2.28. The highest BCUT2D eigenvalue weighted by molar-refractivity contribution is 5.87. The molecule has 1 saturated heterocycles. The van der Waals surface area contributed by atoms with Crippen molar-refractivity contribution in [1.82, 2.24) is 4.90 Å². The van der Waals surface area contributed by atoms with E-state index in [2.05, 4.69) is 10.0 Å². The molecule has 3 N–H and O–H groups in total. The number of hydrogen-bond donors (Lipinski definition) is 2. The zero-order chi connectivity index (χ0) is 16.1. The van der Waals surface area contributed by atoms with Gasteiger partial charge in [-0.05, 0) is 24.3 Å². The van der Waals surface area contributed by atoms with Crippen LogP contribution in [0.2, 0.25) is 0 Å². The van der Waals surface area contributed by atoms with Crippen molar-refractivity contribution in [2.45, 2.75) is 63.1 Å². The molecule has 0 aromatic carbocycles. The van der Waals surface area contributed by atoms with E-state index >= 15 is 0 Å². The summed E-state index contributed by atoms with van der Waals surface area (Å²) in [6.45, 7) is 0.137. The van der Waals surface area contributed by atoms with Crippen LogP contribution >= 0.6 is 12.4 Å². The van der Waals surface area contributed by atoms with Crippen molar-refractivity contribution < 1.29 is 14.7 Å². The van der Waals surface area contributed by atoms with Gasteiger partial charge < -0.3 is 15.7 Å². The molecule has 0 unspecified atom stereocenters. The highest BCUT2D eigenvalue weighted by Crippen LogP contribution is 2.28. The lowest BCUT2D eigenvalue weighted by Crippen LogP contribution is -2.49. The average molecular weight is 346 g/mol. The first kappa shape index (κ1) is 19.5. The van der Waals surface area contributed by atoms with Crippen LogP contribution < -0.4 is 5.73 Å². The van der Waals surface area contributed by atoms with Crippen molar-refractivity contribution in [3.05, 3.63) is 10.4 Å². The second-order valence-electron chi connectivity index (χ2n) is 6.29. The van der Waals surface area contributed by atoms with Crippen LogP contribution in [0.5, 0.6) is 0 Å². The summed E-state index contributed by atoms with van der Waals surface area (Å²) in [5.74, 6) is -0.964. The lowest BCUT2D eigenvalue weighted by atomic mass is 9.84. The molecule has 0 aromatic rings. The molecular weight excluding hydrogens is 322 g/mol. The predicted molar refractivity (Wildman–Crippen MR) is 87.1 cm³/mol. The van der Waals surface area contributed by atoms with Crippen molar-refractivity contribution in [1.29, 1.82) is 0 Å². The van der Waals surface area contributed by atoms with Gasteiger partial charge in [0, 0.05) is 11.5 Å². The van der Waals surface area contributed by atoms with E-state index in [9.17, 15) is 14.7 Å². The molecule has 1 aliphatic carbocycles. The van der Waals surface area contributed by atoms with Crippen LogP contribution in [0.4, 0.5) is 0 Å². The Labute approximate surface area is 141 Å². The fourth-order valence-electron chi connectivity index (χ4n) is 3.54. The van der Waals surface area contributed by atoms with E-state index in [-0.39, 0.29) is 31.3 Å². The molecule has 0 spiro atoms. The van der Waals surface area contributed by atoms with Gasteiger partial charge in [-0.25, -0.2) is 4.79 Å². The summed E-state index contributed by atoms with van der Waals surface area (Å²) in [6.07, 6.45) is 6.52. The molecule has 1 aliphatic heterocycles. The fourth-order valence-corrected chi connectivity index (χ4v) is 3.54. The first-order valence-electron chi connectivity index (χ1n) is 7.86. The van der Waals surface area contributed by atoms with Gasteiger partial charge in [0.05, 0.1) is 12.1 Å². The molecule has 9 heteroatoms.